The third-order valence-electron chi connectivity index (χ3n) is 0.694. The SMILES string of the molecule is [2H]c1nc(F)c(Cl)c(Cl)c1[2H]. The van der Waals surface area contributed by atoms with Crippen molar-refractivity contribution in [2.24, 2.45) is 0 Å². The van der Waals surface area contributed by atoms with Crippen LogP contribution in [0, 0.1) is 5.95 Å². The Labute approximate surface area is 64.2 Å². The van der Waals surface area contributed by atoms with Gasteiger partial charge in [-0.15, -0.1) is 0 Å². The van der Waals surface area contributed by atoms with Gasteiger partial charge in [0.25, 0.3) is 0 Å². The smallest absolute Gasteiger partial charge is 0.227 e. The van der Waals surface area contributed by atoms with E-state index in [2.05, 4.69) is 4.98 Å². The second-order valence-electron chi connectivity index (χ2n) is 1.27. The van der Waals surface area contributed by atoms with Crippen molar-refractivity contribution in [1.82, 2.24) is 4.98 Å². The van der Waals surface area contributed by atoms with Crippen LogP contribution in [0.5, 0.6) is 0 Å². The molecule has 0 saturated heterocycles. The van der Waals surface area contributed by atoms with Gasteiger partial charge in [0.1, 0.15) is 5.02 Å². The average Bonchev–Trinajstić information content (AvgIpc) is 1.97. The van der Waals surface area contributed by atoms with Gasteiger partial charge in [-0.2, -0.15) is 4.39 Å². The maximum Gasteiger partial charge on any atom is 0.233 e. The summed E-state index contributed by atoms with van der Waals surface area (Å²) in [5, 5.41) is -0.683. The summed E-state index contributed by atoms with van der Waals surface area (Å²) in [6, 6.07) is -0.363. The van der Waals surface area contributed by atoms with Crippen molar-refractivity contribution < 1.29 is 7.13 Å². The number of halogens is 3. The molecule has 1 nitrogen and oxygen atoms in total. The van der Waals surface area contributed by atoms with Crippen LogP contribution in [-0.2, 0) is 0 Å². The maximum absolute atomic E-state index is 12.5. The van der Waals surface area contributed by atoms with Crippen LogP contribution < -0.4 is 0 Å². The molecule has 0 aliphatic carbocycles. The van der Waals surface area contributed by atoms with Gasteiger partial charge >= 0.3 is 0 Å². The number of nitrogens with zero attached hydrogens (tertiary/aromatic N) is 1. The summed E-state index contributed by atoms with van der Waals surface area (Å²) in [6.45, 7) is 0. The summed E-state index contributed by atoms with van der Waals surface area (Å²) in [7, 11) is 0. The lowest BCUT2D eigenvalue weighted by molar-refractivity contribution is 0.584. The van der Waals surface area contributed by atoms with E-state index in [0.29, 0.717) is 0 Å². The molecule has 0 atom stereocenters. The molecule has 0 N–H and O–H groups in total. The van der Waals surface area contributed by atoms with Gasteiger partial charge in [0.2, 0.25) is 5.95 Å². The van der Waals surface area contributed by atoms with E-state index in [1.165, 1.54) is 0 Å². The van der Waals surface area contributed by atoms with Gasteiger partial charge in [0, 0.05) is 6.17 Å². The van der Waals surface area contributed by atoms with Crippen molar-refractivity contribution in [1.29, 1.82) is 0 Å². The predicted molar refractivity (Wildman–Crippen MR) is 34.2 cm³/mol. The second-order valence-corrected chi connectivity index (χ2v) is 2.02. The monoisotopic (exact) mass is 167 g/mol. The van der Waals surface area contributed by atoms with Crippen molar-refractivity contribution in [3.8, 4) is 0 Å². The van der Waals surface area contributed by atoms with E-state index >= 15 is 0 Å². The highest BCUT2D eigenvalue weighted by atomic mass is 35.5. The van der Waals surface area contributed by atoms with Crippen molar-refractivity contribution in [3.05, 3.63) is 28.2 Å². The molecule has 9 heavy (non-hydrogen) atoms. The Morgan fingerprint density at radius 3 is 3.00 bits per heavy atom. The van der Waals surface area contributed by atoms with Crippen LogP contribution >= 0.6 is 23.2 Å². The van der Waals surface area contributed by atoms with Crippen LogP contribution in [-0.4, -0.2) is 4.98 Å². The van der Waals surface area contributed by atoms with E-state index in [1.54, 1.807) is 0 Å². The zero-order chi connectivity index (χ0) is 8.59. The highest BCUT2D eigenvalue weighted by Gasteiger charge is 2.02. The topological polar surface area (TPSA) is 12.9 Å². The first-order chi connectivity index (χ1) is 5.04. The van der Waals surface area contributed by atoms with Gasteiger partial charge < -0.3 is 0 Å². The Morgan fingerprint density at radius 2 is 2.33 bits per heavy atom. The largest absolute Gasteiger partial charge is 0.233 e. The maximum atomic E-state index is 12.5. The molecule has 0 amide bonds. The van der Waals surface area contributed by atoms with E-state index in [9.17, 15) is 4.39 Å². The van der Waals surface area contributed by atoms with Crippen molar-refractivity contribution in [3.63, 3.8) is 0 Å². The predicted octanol–water partition coefficient (Wildman–Crippen LogP) is 2.53. The number of aromatic nitrogens is 1. The third kappa shape index (κ3) is 1.32. The van der Waals surface area contributed by atoms with Crippen LogP contribution in [0.3, 0.4) is 0 Å². The van der Waals surface area contributed by atoms with Gasteiger partial charge in [-0.05, 0) is 6.04 Å². The second kappa shape index (κ2) is 2.50. The van der Waals surface area contributed by atoms with Gasteiger partial charge in [-0.25, -0.2) is 4.98 Å². The Balaban J connectivity index is 3.46. The number of hydrogen-bond acceptors (Lipinski definition) is 1. The lowest BCUT2D eigenvalue weighted by Crippen LogP contribution is -1.81. The minimum absolute atomic E-state index is 0.274. The molecule has 0 saturated carbocycles. The van der Waals surface area contributed by atoms with Crippen LogP contribution in [0.2, 0.25) is 10.0 Å². The van der Waals surface area contributed by atoms with Gasteiger partial charge in [-0.3, -0.25) is 0 Å². The van der Waals surface area contributed by atoms with Crippen LogP contribution in [0.4, 0.5) is 4.39 Å². The first kappa shape index (κ1) is 4.47. The molecule has 0 fully saturated rings. The summed E-state index contributed by atoms with van der Waals surface area (Å²) >= 11 is 10.7. The summed E-state index contributed by atoms with van der Waals surface area (Å²) < 4.78 is 26.5. The molecule has 1 aromatic heterocycles. The fraction of sp³-hybridized carbons (Fsp3) is 0. The molecule has 1 aromatic rings. The van der Waals surface area contributed by atoms with Gasteiger partial charge in [0.15, 0.2) is 0 Å². The number of hydrogen-bond donors (Lipinski definition) is 0. The minimum Gasteiger partial charge on any atom is -0.227 e. The standard InChI is InChI=1S/C5H2Cl2FN/c6-3-1-2-9-5(8)4(3)7/h1-2H/i1D,2D. The van der Waals surface area contributed by atoms with E-state index < -0.39 is 17.1 Å². The molecule has 1 rings (SSSR count). The highest BCUT2D eigenvalue weighted by Crippen LogP contribution is 2.21. The fourth-order valence-corrected chi connectivity index (χ4v) is 0.530. The normalized spacial score (nSPS) is 12.8. The van der Waals surface area contributed by atoms with E-state index in [0.717, 1.165) is 0 Å². The molecule has 1 heterocycles. The molecule has 4 heteroatoms. The summed E-state index contributed by atoms with van der Waals surface area (Å²) in [5.41, 5.74) is 0. The van der Waals surface area contributed by atoms with Crippen molar-refractivity contribution >= 4 is 23.2 Å². The zero-order valence-corrected chi connectivity index (χ0v) is 5.59. The lowest BCUT2D eigenvalue weighted by atomic mass is 10.5. The van der Waals surface area contributed by atoms with E-state index in [-0.39, 0.29) is 11.1 Å². The molecular weight excluding hydrogens is 164 g/mol. The average molecular weight is 168 g/mol. The highest BCUT2D eigenvalue weighted by molar-refractivity contribution is 6.41. The number of rotatable bonds is 0. The molecule has 0 aromatic carbocycles. The number of pyridine rings is 1. The molecular formula is C5H2Cl2FN. The van der Waals surface area contributed by atoms with Crippen molar-refractivity contribution in [2.75, 3.05) is 0 Å². The Morgan fingerprint density at radius 1 is 1.67 bits per heavy atom. The molecule has 0 radical (unpaired) electrons. The summed E-state index contributed by atoms with van der Waals surface area (Å²) in [6.07, 6.45) is -0.517. The summed E-state index contributed by atoms with van der Waals surface area (Å²) in [4.78, 5) is 3.03. The molecule has 0 spiro atoms. The molecule has 0 aliphatic heterocycles. The molecule has 0 bridgehead atoms. The molecule has 0 aliphatic rings. The zero-order valence-electron chi connectivity index (χ0n) is 6.08. The molecule has 48 valence electrons. The quantitative estimate of drug-likeness (QED) is 0.542. The Hall–Kier alpha value is -0.340. The Bertz CT molecular complexity index is 279. The van der Waals surface area contributed by atoms with Crippen molar-refractivity contribution in [2.45, 2.75) is 0 Å². The van der Waals surface area contributed by atoms with Crippen LogP contribution in [0.1, 0.15) is 2.74 Å². The summed E-state index contributed by atoms with van der Waals surface area (Å²) in [5.74, 6) is -1.02. The van der Waals surface area contributed by atoms with E-state index in [1.807, 2.05) is 0 Å². The lowest BCUT2D eigenvalue weighted by Gasteiger charge is -1.91. The third-order valence-corrected chi connectivity index (χ3v) is 1.42. The molecule has 0 unspecified atom stereocenters. The van der Waals surface area contributed by atoms with Crippen LogP contribution in [0.15, 0.2) is 12.2 Å². The first-order valence-corrected chi connectivity index (χ1v) is 2.77. The minimum atomic E-state index is -1.02. The fourth-order valence-electron chi connectivity index (χ4n) is 0.321. The van der Waals surface area contributed by atoms with Gasteiger partial charge in [0.05, 0.1) is 7.76 Å². The van der Waals surface area contributed by atoms with E-state index in [4.69, 9.17) is 25.9 Å². The Kier molecular flexibility index (Phi) is 1.24. The van der Waals surface area contributed by atoms with Gasteiger partial charge in [-0.1, -0.05) is 23.2 Å². The van der Waals surface area contributed by atoms with Crippen LogP contribution in [0.25, 0.3) is 0 Å². The first-order valence-electron chi connectivity index (χ1n) is 3.01.